The topological polar surface area (TPSA) is 70.8 Å². The second-order valence-electron chi connectivity index (χ2n) is 7.16. The molecule has 140 valence electrons. The zero-order valence-electron chi connectivity index (χ0n) is 15.2. The summed E-state index contributed by atoms with van der Waals surface area (Å²) >= 11 is 0. The number of nitrogens with zero attached hydrogens (tertiary/aromatic N) is 3. The van der Waals surface area contributed by atoms with Crippen molar-refractivity contribution in [3.63, 3.8) is 0 Å². The molecule has 26 heavy (non-hydrogen) atoms. The van der Waals surface area contributed by atoms with Gasteiger partial charge in [0.25, 0.3) is 0 Å². The Kier molecular flexibility index (Phi) is 5.08. The molecule has 2 saturated heterocycles. The van der Waals surface area contributed by atoms with Gasteiger partial charge in [-0.3, -0.25) is 4.90 Å². The molecule has 0 aliphatic carbocycles. The number of amides is 2. The first kappa shape index (κ1) is 17.3. The Morgan fingerprint density at radius 3 is 2.92 bits per heavy atom. The maximum atomic E-state index is 12.3. The lowest BCUT2D eigenvalue weighted by Crippen LogP contribution is -2.52. The van der Waals surface area contributed by atoms with Gasteiger partial charge < -0.3 is 19.4 Å². The average molecular weight is 358 g/mol. The Balaban J connectivity index is 1.25. The summed E-state index contributed by atoms with van der Waals surface area (Å²) in [7, 11) is 0. The van der Waals surface area contributed by atoms with Gasteiger partial charge in [-0.05, 0) is 37.5 Å². The lowest BCUT2D eigenvalue weighted by Gasteiger charge is -2.34. The minimum atomic E-state index is 0.0116. The molecule has 1 aromatic carbocycles. The van der Waals surface area contributed by atoms with Gasteiger partial charge in [0.2, 0.25) is 5.89 Å². The number of hydrogen-bond acceptors (Lipinski definition) is 5. The normalized spacial score (nSPS) is 21.4. The monoisotopic (exact) mass is 358 g/mol. The number of oxazole rings is 1. The van der Waals surface area contributed by atoms with E-state index in [0.717, 1.165) is 62.6 Å². The van der Waals surface area contributed by atoms with E-state index >= 15 is 0 Å². The average Bonchev–Trinajstić information content (AvgIpc) is 3.29. The molecule has 2 aromatic rings. The van der Waals surface area contributed by atoms with Crippen LogP contribution in [0.5, 0.6) is 0 Å². The first-order valence-electron chi connectivity index (χ1n) is 9.40. The summed E-state index contributed by atoms with van der Waals surface area (Å²) in [4.78, 5) is 21.0. The van der Waals surface area contributed by atoms with E-state index in [-0.39, 0.29) is 12.1 Å². The fourth-order valence-electron chi connectivity index (χ4n) is 3.57. The third kappa shape index (κ3) is 3.99. The second-order valence-corrected chi connectivity index (χ2v) is 7.16. The number of piperazine rings is 1. The van der Waals surface area contributed by atoms with Crippen LogP contribution in [-0.4, -0.2) is 66.2 Å². The van der Waals surface area contributed by atoms with Gasteiger partial charge >= 0.3 is 6.03 Å². The molecule has 7 nitrogen and oxygen atoms in total. The number of hydrogen-bond donors (Lipinski definition) is 1. The number of aromatic nitrogens is 1. The van der Waals surface area contributed by atoms with E-state index in [4.69, 9.17) is 9.15 Å². The summed E-state index contributed by atoms with van der Waals surface area (Å²) in [6, 6.07) is 6.05. The highest BCUT2D eigenvalue weighted by Crippen LogP contribution is 2.18. The van der Waals surface area contributed by atoms with Crippen molar-refractivity contribution in [3.05, 3.63) is 29.7 Å². The van der Waals surface area contributed by atoms with Gasteiger partial charge in [-0.25, -0.2) is 9.78 Å². The van der Waals surface area contributed by atoms with Gasteiger partial charge in [0.05, 0.1) is 12.6 Å². The molecule has 3 heterocycles. The molecule has 4 rings (SSSR count). The summed E-state index contributed by atoms with van der Waals surface area (Å²) in [5.41, 5.74) is 2.92. The predicted octanol–water partition coefficient (Wildman–Crippen LogP) is 2.14. The van der Waals surface area contributed by atoms with Gasteiger partial charge in [-0.2, -0.15) is 0 Å². The molecule has 0 unspecified atom stereocenters. The van der Waals surface area contributed by atoms with Crippen molar-refractivity contribution in [1.82, 2.24) is 20.1 Å². The Morgan fingerprint density at radius 1 is 1.31 bits per heavy atom. The first-order chi connectivity index (χ1) is 12.7. The number of carbonyl (C=O) groups is 1. The molecule has 1 aromatic heterocycles. The van der Waals surface area contributed by atoms with Crippen LogP contribution in [-0.2, 0) is 11.3 Å². The Bertz CT molecular complexity index is 761. The van der Waals surface area contributed by atoms with Crippen molar-refractivity contribution in [2.24, 2.45) is 0 Å². The molecule has 2 aliphatic heterocycles. The van der Waals surface area contributed by atoms with Crippen LogP contribution in [0.25, 0.3) is 11.1 Å². The minimum Gasteiger partial charge on any atom is -0.439 e. The largest absolute Gasteiger partial charge is 0.439 e. The van der Waals surface area contributed by atoms with Gasteiger partial charge in [-0.15, -0.1) is 0 Å². The molecule has 2 aliphatic rings. The number of fused-ring (bicyclic) bond motifs is 1. The van der Waals surface area contributed by atoms with E-state index in [0.29, 0.717) is 13.1 Å². The van der Waals surface area contributed by atoms with Crippen molar-refractivity contribution >= 4 is 17.1 Å². The lowest BCUT2D eigenvalue weighted by molar-refractivity contribution is 0.103. The number of aryl methyl sites for hydroxylation is 1. The highest BCUT2D eigenvalue weighted by molar-refractivity contribution is 5.74. The maximum absolute atomic E-state index is 12.3. The van der Waals surface area contributed by atoms with Crippen LogP contribution in [0, 0.1) is 6.92 Å². The number of ether oxygens (including phenoxy) is 1. The summed E-state index contributed by atoms with van der Waals surface area (Å²) in [5.74, 6) is 0.738. The Hall–Kier alpha value is -2.12. The van der Waals surface area contributed by atoms with Gasteiger partial charge in [0.1, 0.15) is 5.52 Å². The van der Waals surface area contributed by atoms with Crippen molar-refractivity contribution in [2.45, 2.75) is 32.4 Å². The van der Waals surface area contributed by atoms with Crippen LogP contribution in [0.1, 0.15) is 24.3 Å². The van der Waals surface area contributed by atoms with Crippen molar-refractivity contribution in [2.75, 3.05) is 39.3 Å². The molecular weight excluding hydrogens is 332 g/mol. The Labute approximate surface area is 153 Å². The number of benzene rings is 1. The maximum Gasteiger partial charge on any atom is 0.317 e. The summed E-state index contributed by atoms with van der Waals surface area (Å²) in [5, 5.41) is 2.99. The quantitative estimate of drug-likeness (QED) is 0.907. The number of nitrogens with one attached hydrogen (secondary N) is 1. The summed E-state index contributed by atoms with van der Waals surface area (Å²) in [6.07, 6.45) is 2.32. The summed E-state index contributed by atoms with van der Waals surface area (Å²) < 4.78 is 11.4. The SMILES string of the molecule is Cc1ccc2oc(CN3CCN(C(=O)NC[C@H]4CCCO4)CC3)nc2c1. The molecule has 0 bridgehead atoms. The molecule has 2 amide bonds. The zero-order chi connectivity index (χ0) is 17.9. The van der Waals surface area contributed by atoms with Crippen LogP contribution < -0.4 is 5.32 Å². The number of urea groups is 1. The smallest absolute Gasteiger partial charge is 0.317 e. The van der Waals surface area contributed by atoms with Crippen LogP contribution in [0.4, 0.5) is 4.79 Å². The highest BCUT2D eigenvalue weighted by atomic mass is 16.5. The van der Waals surface area contributed by atoms with Crippen molar-refractivity contribution in [3.8, 4) is 0 Å². The molecule has 7 heteroatoms. The molecule has 1 atom stereocenters. The molecule has 1 N–H and O–H groups in total. The van der Waals surface area contributed by atoms with Crippen molar-refractivity contribution in [1.29, 1.82) is 0 Å². The lowest BCUT2D eigenvalue weighted by atomic mass is 10.2. The van der Waals surface area contributed by atoms with Gasteiger partial charge in [0.15, 0.2) is 5.58 Å². The van der Waals surface area contributed by atoms with Gasteiger partial charge in [-0.1, -0.05) is 6.07 Å². The highest BCUT2D eigenvalue weighted by Gasteiger charge is 2.23. The molecule has 0 radical (unpaired) electrons. The third-order valence-corrected chi connectivity index (χ3v) is 5.11. The molecule has 0 saturated carbocycles. The van der Waals surface area contributed by atoms with E-state index in [9.17, 15) is 4.79 Å². The zero-order valence-corrected chi connectivity index (χ0v) is 15.2. The van der Waals surface area contributed by atoms with Crippen LogP contribution in [0.15, 0.2) is 22.6 Å². The van der Waals surface area contributed by atoms with E-state index in [1.165, 1.54) is 5.56 Å². The first-order valence-corrected chi connectivity index (χ1v) is 9.40. The molecule has 0 spiro atoms. The molecular formula is C19H26N4O3. The van der Waals surface area contributed by atoms with Crippen LogP contribution in [0.3, 0.4) is 0 Å². The Morgan fingerprint density at radius 2 is 2.15 bits per heavy atom. The van der Waals surface area contributed by atoms with Gasteiger partial charge in [0, 0.05) is 39.3 Å². The third-order valence-electron chi connectivity index (χ3n) is 5.11. The second kappa shape index (κ2) is 7.63. The minimum absolute atomic E-state index is 0.0116. The fourth-order valence-corrected chi connectivity index (χ4v) is 3.57. The van der Waals surface area contributed by atoms with Crippen LogP contribution in [0.2, 0.25) is 0 Å². The van der Waals surface area contributed by atoms with Crippen molar-refractivity contribution < 1.29 is 13.9 Å². The predicted molar refractivity (Wildman–Crippen MR) is 98.0 cm³/mol. The summed E-state index contributed by atoms with van der Waals surface area (Å²) in [6.45, 7) is 7.25. The van der Waals surface area contributed by atoms with Crippen LogP contribution >= 0.6 is 0 Å². The van der Waals surface area contributed by atoms with E-state index in [1.54, 1.807) is 0 Å². The fraction of sp³-hybridized carbons (Fsp3) is 0.579. The van der Waals surface area contributed by atoms with E-state index in [2.05, 4.69) is 22.1 Å². The standard InChI is InChI=1S/C19H26N4O3/c1-14-4-5-17-16(11-14)21-18(26-17)13-22-6-8-23(9-7-22)19(24)20-12-15-3-2-10-25-15/h4-5,11,15H,2-3,6-10,12-13H2,1H3,(H,20,24)/t15-/m1/s1. The molecule has 2 fully saturated rings. The van der Waals surface area contributed by atoms with E-state index in [1.807, 2.05) is 23.1 Å². The number of carbonyl (C=O) groups excluding carboxylic acids is 1. The number of rotatable bonds is 4. The van der Waals surface area contributed by atoms with E-state index < -0.39 is 0 Å².